The highest BCUT2D eigenvalue weighted by Crippen LogP contribution is 2.23. The summed E-state index contributed by atoms with van der Waals surface area (Å²) in [5.74, 6) is -0.277. The third-order valence-corrected chi connectivity index (χ3v) is 3.79. The molecule has 0 saturated heterocycles. The fraction of sp³-hybridized carbons (Fsp3) is 0.0526. The van der Waals surface area contributed by atoms with Gasteiger partial charge in [-0.2, -0.15) is 0 Å². The first kappa shape index (κ1) is 16.0. The number of benzene rings is 2. The van der Waals surface area contributed by atoms with Crippen molar-refractivity contribution in [1.82, 2.24) is 4.98 Å². The second-order valence-corrected chi connectivity index (χ2v) is 5.70. The summed E-state index contributed by atoms with van der Waals surface area (Å²) in [6, 6.07) is 18.1. The number of pyridine rings is 1. The maximum atomic E-state index is 12.3. The van der Waals surface area contributed by atoms with E-state index in [1.165, 1.54) is 12.3 Å². The normalized spacial score (nSPS) is 10.4. The van der Waals surface area contributed by atoms with Gasteiger partial charge in [-0.3, -0.25) is 4.79 Å². The van der Waals surface area contributed by atoms with E-state index in [0.717, 1.165) is 11.1 Å². The molecule has 0 aliphatic rings. The molecule has 120 valence electrons. The van der Waals surface area contributed by atoms with Crippen LogP contribution in [0.25, 0.3) is 0 Å². The van der Waals surface area contributed by atoms with Crippen LogP contribution >= 0.6 is 11.6 Å². The molecule has 0 fully saturated rings. The number of halogens is 1. The summed E-state index contributed by atoms with van der Waals surface area (Å²) in [5, 5.41) is 12.8. The summed E-state index contributed by atoms with van der Waals surface area (Å²) in [6.07, 6.45) is 2.18. The van der Waals surface area contributed by atoms with E-state index in [2.05, 4.69) is 10.3 Å². The molecule has 0 aliphatic heterocycles. The lowest BCUT2D eigenvalue weighted by atomic mass is 10.0. The number of anilines is 1. The summed E-state index contributed by atoms with van der Waals surface area (Å²) < 4.78 is 0. The lowest BCUT2D eigenvalue weighted by Crippen LogP contribution is -2.13. The van der Waals surface area contributed by atoms with Crippen LogP contribution in [-0.2, 0) is 6.42 Å². The quantitative estimate of drug-likeness (QED) is 0.698. The second-order valence-electron chi connectivity index (χ2n) is 5.35. The fourth-order valence-corrected chi connectivity index (χ4v) is 2.64. The van der Waals surface area contributed by atoms with E-state index in [1.807, 2.05) is 36.4 Å². The van der Waals surface area contributed by atoms with Gasteiger partial charge >= 0.3 is 0 Å². The van der Waals surface area contributed by atoms with Gasteiger partial charge < -0.3 is 10.4 Å². The molecule has 1 amide bonds. The number of aromatic nitrogens is 1. The molecular formula is C19H15ClN2O2. The standard InChI is InChI=1S/C19H15ClN2O2/c20-18-17(7-4-8-21-18)19(24)22-15-10-14(11-16(23)12-15)9-13-5-2-1-3-6-13/h1-8,10-12,23H,9H2,(H,22,24). The molecule has 24 heavy (non-hydrogen) atoms. The Morgan fingerprint density at radius 1 is 1.04 bits per heavy atom. The van der Waals surface area contributed by atoms with Crippen LogP contribution in [0.2, 0.25) is 5.15 Å². The Balaban J connectivity index is 1.81. The SMILES string of the molecule is O=C(Nc1cc(O)cc(Cc2ccccc2)c1)c1cccnc1Cl. The number of rotatable bonds is 4. The minimum Gasteiger partial charge on any atom is -0.508 e. The number of phenols is 1. The molecule has 0 atom stereocenters. The van der Waals surface area contributed by atoms with Crippen molar-refractivity contribution in [3.8, 4) is 5.75 Å². The number of hydrogen-bond acceptors (Lipinski definition) is 3. The van der Waals surface area contributed by atoms with Gasteiger partial charge in [-0.1, -0.05) is 41.9 Å². The number of nitrogens with zero attached hydrogens (tertiary/aromatic N) is 1. The van der Waals surface area contributed by atoms with E-state index >= 15 is 0 Å². The number of amides is 1. The zero-order chi connectivity index (χ0) is 16.9. The van der Waals surface area contributed by atoms with Crippen LogP contribution in [0.3, 0.4) is 0 Å². The van der Waals surface area contributed by atoms with E-state index in [-0.39, 0.29) is 22.4 Å². The minimum atomic E-state index is -0.371. The monoisotopic (exact) mass is 338 g/mol. The van der Waals surface area contributed by atoms with Crippen LogP contribution in [0, 0.1) is 0 Å². The number of carbonyl (C=O) groups is 1. The van der Waals surface area contributed by atoms with Crippen LogP contribution in [-0.4, -0.2) is 16.0 Å². The van der Waals surface area contributed by atoms with Gasteiger partial charge in [0.1, 0.15) is 10.9 Å². The molecule has 1 aromatic heterocycles. The van der Waals surface area contributed by atoms with Crippen molar-refractivity contribution >= 4 is 23.2 Å². The molecule has 0 unspecified atom stereocenters. The Hall–Kier alpha value is -2.85. The van der Waals surface area contributed by atoms with Crippen molar-refractivity contribution in [2.24, 2.45) is 0 Å². The molecule has 4 nitrogen and oxygen atoms in total. The van der Waals surface area contributed by atoms with Gasteiger partial charge in [-0.15, -0.1) is 0 Å². The molecule has 1 heterocycles. The zero-order valence-electron chi connectivity index (χ0n) is 12.7. The maximum Gasteiger partial charge on any atom is 0.258 e. The minimum absolute atomic E-state index is 0.0935. The third kappa shape index (κ3) is 3.91. The van der Waals surface area contributed by atoms with Gasteiger partial charge in [0.25, 0.3) is 5.91 Å². The molecule has 5 heteroatoms. The van der Waals surface area contributed by atoms with E-state index in [0.29, 0.717) is 12.1 Å². The van der Waals surface area contributed by atoms with Crippen molar-refractivity contribution < 1.29 is 9.90 Å². The second kappa shape index (κ2) is 7.15. The molecule has 2 N–H and O–H groups in total. The summed E-state index contributed by atoms with van der Waals surface area (Å²) in [4.78, 5) is 16.2. The smallest absolute Gasteiger partial charge is 0.258 e. The number of aromatic hydroxyl groups is 1. The van der Waals surface area contributed by atoms with Crippen LogP contribution in [0.4, 0.5) is 5.69 Å². The van der Waals surface area contributed by atoms with Crippen LogP contribution < -0.4 is 5.32 Å². The molecule has 0 saturated carbocycles. The van der Waals surface area contributed by atoms with Crippen LogP contribution in [0.1, 0.15) is 21.5 Å². The maximum absolute atomic E-state index is 12.3. The fourth-order valence-electron chi connectivity index (χ4n) is 2.43. The van der Waals surface area contributed by atoms with Crippen molar-refractivity contribution in [3.05, 3.63) is 88.7 Å². The summed E-state index contributed by atoms with van der Waals surface area (Å²) in [6.45, 7) is 0. The van der Waals surface area contributed by atoms with E-state index < -0.39 is 0 Å². The van der Waals surface area contributed by atoms with Crippen molar-refractivity contribution in [3.63, 3.8) is 0 Å². The van der Waals surface area contributed by atoms with Crippen LogP contribution in [0.5, 0.6) is 5.75 Å². The van der Waals surface area contributed by atoms with Crippen molar-refractivity contribution in [1.29, 1.82) is 0 Å². The van der Waals surface area contributed by atoms with Gasteiger partial charge in [-0.25, -0.2) is 4.98 Å². The van der Waals surface area contributed by atoms with Crippen LogP contribution in [0.15, 0.2) is 66.9 Å². The first-order valence-electron chi connectivity index (χ1n) is 7.40. The van der Waals surface area contributed by atoms with Gasteiger partial charge in [0, 0.05) is 18.0 Å². The van der Waals surface area contributed by atoms with E-state index in [4.69, 9.17) is 11.6 Å². The average molecular weight is 339 g/mol. The summed E-state index contributed by atoms with van der Waals surface area (Å²) in [5.41, 5.74) is 2.81. The molecular weight excluding hydrogens is 324 g/mol. The predicted molar refractivity (Wildman–Crippen MR) is 94.6 cm³/mol. The molecule has 0 aliphatic carbocycles. The van der Waals surface area contributed by atoms with Gasteiger partial charge in [0.2, 0.25) is 0 Å². The average Bonchev–Trinajstić information content (AvgIpc) is 2.55. The molecule has 0 spiro atoms. The third-order valence-electron chi connectivity index (χ3n) is 3.49. The largest absolute Gasteiger partial charge is 0.508 e. The lowest BCUT2D eigenvalue weighted by Gasteiger charge is -2.09. The predicted octanol–water partition coefficient (Wildman–Crippen LogP) is 4.28. The number of phenolic OH excluding ortho intramolecular Hbond substituents is 1. The first-order chi connectivity index (χ1) is 11.6. The number of carbonyl (C=O) groups excluding carboxylic acids is 1. The first-order valence-corrected chi connectivity index (χ1v) is 7.78. The molecule has 0 radical (unpaired) electrons. The molecule has 0 bridgehead atoms. The van der Waals surface area contributed by atoms with E-state index in [9.17, 15) is 9.90 Å². The summed E-state index contributed by atoms with van der Waals surface area (Å²) in [7, 11) is 0. The van der Waals surface area contributed by atoms with Crippen molar-refractivity contribution in [2.45, 2.75) is 6.42 Å². The Bertz CT molecular complexity index is 866. The molecule has 2 aromatic carbocycles. The Labute approximate surface area is 144 Å². The number of nitrogens with one attached hydrogen (secondary N) is 1. The highest BCUT2D eigenvalue weighted by Gasteiger charge is 2.12. The number of hydrogen-bond donors (Lipinski definition) is 2. The lowest BCUT2D eigenvalue weighted by molar-refractivity contribution is 0.102. The van der Waals surface area contributed by atoms with Gasteiger partial charge in [0.05, 0.1) is 5.56 Å². The Morgan fingerprint density at radius 2 is 1.83 bits per heavy atom. The molecule has 3 rings (SSSR count). The molecule has 3 aromatic rings. The topological polar surface area (TPSA) is 62.2 Å². The van der Waals surface area contributed by atoms with E-state index in [1.54, 1.807) is 18.2 Å². The highest BCUT2D eigenvalue weighted by atomic mass is 35.5. The zero-order valence-corrected chi connectivity index (χ0v) is 13.5. The Kier molecular flexibility index (Phi) is 4.77. The summed E-state index contributed by atoms with van der Waals surface area (Å²) >= 11 is 5.93. The van der Waals surface area contributed by atoms with Crippen molar-refractivity contribution in [2.75, 3.05) is 5.32 Å². The van der Waals surface area contributed by atoms with Gasteiger partial charge in [0.15, 0.2) is 0 Å². The Morgan fingerprint density at radius 3 is 2.58 bits per heavy atom. The van der Waals surface area contributed by atoms with Gasteiger partial charge in [-0.05, 0) is 41.8 Å². The highest BCUT2D eigenvalue weighted by molar-refractivity contribution is 6.33.